The molecule has 0 saturated carbocycles. The lowest BCUT2D eigenvalue weighted by Crippen LogP contribution is -2.27. The van der Waals surface area contributed by atoms with Crippen LogP contribution in [0.2, 0.25) is 5.02 Å². The Morgan fingerprint density at radius 1 is 1.03 bits per heavy atom. The lowest BCUT2D eigenvalue weighted by atomic mass is 10.1. The molecule has 6 heteroatoms. The molecule has 0 atom stereocenters. The van der Waals surface area contributed by atoms with E-state index in [9.17, 15) is 4.79 Å². The maximum atomic E-state index is 13.1. The van der Waals surface area contributed by atoms with Gasteiger partial charge in [-0.05, 0) is 55.3 Å². The van der Waals surface area contributed by atoms with Gasteiger partial charge in [0, 0.05) is 16.1 Å². The van der Waals surface area contributed by atoms with E-state index in [4.69, 9.17) is 28.6 Å². The minimum atomic E-state index is -0.126. The number of benzene rings is 3. The zero-order valence-electron chi connectivity index (χ0n) is 17.1. The molecule has 1 heterocycles. The average molecular weight is 466 g/mol. The fourth-order valence-electron chi connectivity index (χ4n) is 3.20. The quantitative estimate of drug-likeness (QED) is 0.301. The molecule has 0 radical (unpaired) electrons. The third-order valence-corrected chi connectivity index (χ3v) is 6.76. The Kier molecular flexibility index (Phi) is 6.46. The first kappa shape index (κ1) is 21.6. The third-order valence-electron chi connectivity index (χ3n) is 5.09. The second-order valence-corrected chi connectivity index (χ2v) is 9.29. The Bertz CT molecular complexity index is 1210. The molecule has 0 unspecified atom stereocenters. The van der Waals surface area contributed by atoms with Gasteiger partial charge in [0.2, 0.25) is 0 Å². The average Bonchev–Trinajstić information content (AvgIpc) is 3.03. The monoisotopic (exact) mass is 465 g/mol. The topological polar surface area (TPSA) is 29.5 Å². The number of carbonyl (C=O) groups excluding carboxylic acids is 1. The molecule has 3 aromatic rings. The number of thiocarbonyl (C=S) groups is 1. The zero-order valence-corrected chi connectivity index (χ0v) is 19.5. The van der Waals surface area contributed by atoms with Gasteiger partial charge in [0.15, 0.2) is 4.32 Å². The van der Waals surface area contributed by atoms with Gasteiger partial charge in [-0.25, -0.2) is 0 Å². The van der Waals surface area contributed by atoms with Gasteiger partial charge >= 0.3 is 0 Å². The van der Waals surface area contributed by atoms with Crippen molar-refractivity contribution in [1.29, 1.82) is 0 Å². The predicted octanol–water partition coefficient (Wildman–Crippen LogP) is 6.94. The number of hydrogen-bond donors (Lipinski definition) is 0. The second-order valence-electron chi connectivity index (χ2n) is 7.20. The minimum Gasteiger partial charge on any atom is -0.488 e. The van der Waals surface area contributed by atoms with Crippen LogP contribution in [0.15, 0.2) is 71.6 Å². The first-order valence-electron chi connectivity index (χ1n) is 9.74. The van der Waals surface area contributed by atoms with Crippen molar-refractivity contribution >= 4 is 57.6 Å². The van der Waals surface area contributed by atoms with Crippen LogP contribution in [0.1, 0.15) is 22.3 Å². The Hall–Kier alpha value is -2.60. The number of para-hydroxylation sites is 1. The summed E-state index contributed by atoms with van der Waals surface area (Å²) in [6.07, 6.45) is 1.84. The highest BCUT2D eigenvalue weighted by Gasteiger charge is 2.33. The van der Waals surface area contributed by atoms with Crippen LogP contribution in [0.25, 0.3) is 6.08 Å². The molecule has 0 aromatic heterocycles. The number of hydrogen-bond acceptors (Lipinski definition) is 4. The zero-order chi connectivity index (χ0) is 22.0. The van der Waals surface area contributed by atoms with Crippen molar-refractivity contribution in [2.24, 2.45) is 0 Å². The van der Waals surface area contributed by atoms with Crippen molar-refractivity contribution < 1.29 is 9.53 Å². The van der Waals surface area contributed by atoms with E-state index in [0.29, 0.717) is 26.6 Å². The Labute approximate surface area is 196 Å². The highest BCUT2D eigenvalue weighted by Crippen LogP contribution is 2.37. The van der Waals surface area contributed by atoms with Crippen LogP contribution in [0.3, 0.4) is 0 Å². The van der Waals surface area contributed by atoms with E-state index in [1.54, 1.807) is 4.90 Å². The van der Waals surface area contributed by atoms with Crippen molar-refractivity contribution in [2.45, 2.75) is 20.5 Å². The van der Waals surface area contributed by atoms with E-state index in [-0.39, 0.29) is 5.91 Å². The second kappa shape index (κ2) is 9.27. The van der Waals surface area contributed by atoms with Crippen LogP contribution < -0.4 is 9.64 Å². The Morgan fingerprint density at radius 2 is 1.77 bits per heavy atom. The van der Waals surface area contributed by atoms with Crippen LogP contribution in [0.5, 0.6) is 5.75 Å². The van der Waals surface area contributed by atoms with E-state index in [1.807, 2.05) is 86.7 Å². The van der Waals surface area contributed by atoms with Gasteiger partial charge in [-0.3, -0.25) is 9.69 Å². The third kappa shape index (κ3) is 4.69. The summed E-state index contributed by atoms with van der Waals surface area (Å²) in [5.74, 6) is 0.554. The number of amides is 1. The van der Waals surface area contributed by atoms with Gasteiger partial charge in [0.05, 0.1) is 10.6 Å². The first-order chi connectivity index (χ1) is 14.9. The molecular weight excluding hydrogens is 446 g/mol. The molecule has 0 spiro atoms. The Balaban J connectivity index is 1.59. The van der Waals surface area contributed by atoms with Gasteiger partial charge in [-0.15, -0.1) is 0 Å². The summed E-state index contributed by atoms with van der Waals surface area (Å²) in [4.78, 5) is 15.3. The number of aryl methyl sites for hydroxylation is 2. The maximum absolute atomic E-state index is 13.1. The maximum Gasteiger partial charge on any atom is 0.270 e. The smallest absolute Gasteiger partial charge is 0.270 e. The number of thioether (sulfide) groups is 1. The van der Waals surface area contributed by atoms with Crippen LogP contribution in [-0.4, -0.2) is 10.2 Å². The predicted molar refractivity (Wildman–Crippen MR) is 134 cm³/mol. The summed E-state index contributed by atoms with van der Waals surface area (Å²) >= 11 is 13.1. The number of carbonyl (C=O) groups is 1. The normalized spacial score (nSPS) is 15.1. The summed E-state index contributed by atoms with van der Waals surface area (Å²) in [6, 6.07) is 21.1. The number of nitrogens with zero attached hydrogens (tertiary/aromatic N) is 1. The van der Waals surface area contributed by atoms with Crippen molar-refractivity contribution in [2.75, 3.05) is 4.90 Å². The molecule has 1 aliphatic rings. The van der Waals surface area contributed by atoms with Crippen LogP contribution >= 0.6 is 35.6 Å². The molecule has 156 valence electrons. The summed E-state index contributed by atoms with van der Waals surface area (Å²) in [5, 5.41) is 0.661. The highest BCUT2D eigenvalue weighted by atomic mass is 35.5. The largest absolute Gasteiger partial charge is 0.488 e. The molecule has 1 aliphatic heterocycles. The SMILES string of the molecule is Cc1ccc(N2C(=O)/C(=C\c3ccccc3OCc3ccccc3Cl)SC2=S)cc1C. The summed E-state index contributed by atoms with van der Waals surface area (Å²) < 4.78 is 6.54. The van der Waals surface area contributed by atoms with E-state index < -0.39 is 0 Å². The molecule has 4 rings (SSSR count). The van der Waals surface area contributed by atoms with Crippen molar-refractivity contribution in [3.63, 3.8) is 0 Å². The van der Waals surface area contributed by atoms with Gasteiger partial charge in [0.1, 0.15) is 12.4 Å². The van der Waals surface area contributed by atoms with Gasteiger partial charge in [-0.2, -0.15) is 0 Å². The minimum absolute atomic E-state index is 0.126. The standard InChI is InChI=1S/C25H20ClNO2S2/c1-16-11-12-20(13-17(16)2)27-24(28)23(31-25(27)30)14-18-7-4-6-10-22(18)29-15-19-8-3-5-9-21(19)26/h3-14H,15H2,1-2H3/b23-14+. The molecule has 0 bridgehead atoms. The number of anilines is 1. The molecule has 1 amide bonds. The lowest BCUT2D eigenvalue weighted by molar-refractivity contribution is -0.113. The van der Waals surface area contributed by atoms with Gasteiger partial charge < -0.3 is 4.74 Å². The van der Waals surface area contributed by atoms with Crippen LogP contribution in [0.4, 0.5) is 5.69 Å². The van der Waals surface area contributed by atoms with Crippen molar-refractivity contribution in [1.82, 2.24) is 0 Å². The van der Waals surface area contributed by atoms with E-state index in [0.717, 1.165) is 22.4 Å². The van der Waals surface area contributed by atoms with E-state index in [2.05, 4.69) is 0 Å². The highest BCUT2D eigenvalue weighted by molar-refractivity contribution is 8.27. The summed E-state index contributed by atoms with van der Waals surface area (Å²) in [6.45, 7) is 4.41. The summed E-state index contributed by atoms with van der Waals surface area (Å²) in [5.41, 5.74) is 4.80. The number of rotatable bonds is 5. The van der Waals surface area contributed by atoms with Crippen LogP contribution in [-0.2, 0) is 11.4 Å². The lowest BCUT2D eigenvalue weighted by Gasteiger charge is -2.16. The van der Waals surface area contributed by atoms with Crippen molar-refractivity contribution in [3.05, 3.63) is 98.9 Å². The van der Waals surface area contributed by atoms with E-state index >= 15 is 0 Å². The molecule has 1 saturated heterocycles. The molecule has 31 heavy (non-hydrogen) atoms. The molecule has 1 fully saturated rings. The fourth-order valence-corrected chi connectivity index (χ4v) is 4.68. The van der Waals surface area contributed by atoms with Crippen molar-refractivity contribution in [3.8, 4) is 5.75 Å². The Morgan fingerprint density at radius 3 is 2.55 bits per heavy atom. The van der Waals surface area contributed by atoms with Gasteiger partial charge in [0.25, 0.3) is 5.91 Å². The molecular formula is C25H20ClNO2S2. The van der Waals surface area contributed by atoms with Crippen LogP contribution in [0, 0.1) is 13.8 Å². The molecule has 3 aromatic carbocycles. The molecule has 0 aliphatic carbocycles. The fraction of sp³-hybridized carbons (Fsp3) is 0.120. The summed E-state index contributed by atoms with van der Waals surface area (Å²) in [7, 11) is 0. The number of ether oxygens (including phenoxy) is 1. The molecule has 0 N–H and O–H groups in total. The van der Waals surface area contributed by atoms with Gasteiger partial charge in [-0.1, -0.05) is 78.0 Å². The first-order valence-corrected chi connectivity index (χ1v) is 11.3. The molecule has 3 nitrogen and oxygen atoms in total. The van der Waals surface area contributed by atoms with E-state index in [1.165, 1.54) is 17.3 Å². The number of halogens is 1.